The summed E-state index contributed by atoms with van der Waals surface area (Å²) in [4.78, 5) is 19.5. The summed E-state index contributed by atoms with van der Waals surface area (Å²) >= 11 is 0. The number of Topliss-reactive ketones (excluding diaryl/α,β-unsaturated/α-hetero) is 1. The van der Waals surface area contributed by atoms with Crippen molar-refractivity contribution in [1.29, 1.82) is 0 Å². The first kappa shape index (κ1) is 9.64. The van der Waals surface area contributed by atoms with Crippen molar-refractivity contribution in [1.82, 2.24) is 9.97 Å². The third-order valence-electron chi connectivity index (χ3n) is 2.09. The normalized spacial score (nSPS) is 14.3. The molecule has 2 heterocycles. The Morgan fingerprint density at radius 1 is 1.53 bits per heavy atom. The van der Waals surface area contributed by atoms with Crippen LogP contribution in [0, 0.1) is 0 Å². The van der Waals surface area contributed by atoms with Gasteiger partial charge in [0.05, 0.1) is 20.0 Å². The lowest BCUT2D eigenvalue weighted by atomic mass is 10.1. The molecular formula is C10H10N2O3. The number of hydrogen-bond donors (Lipinski definition) is 0. The summed E-state index contributed by atoms with van der Waals surface area (Å²) in [6.07, 6.45) is 3.42. The zero-order valence-corrected chi connectivity index (χ0v) is 8.27. The van der Waals surface area contributed by atoms with Crippen LogP contribution in [0.3, 0.4) is 0 Å². The molecule has 0 radical (unpaired) electrons. The third kappa shape index (κ3) is 1.96. The minimum absolute atomic E-state index is 0.131. The van der Waals surface area contributed by atoms with Gasteiger partial charge in [0.2, 0.25) is 11.7 Å². The Morgan fingerprint density at radius 2 is 2.40 bits per heavy atom. The van der Waals surface area contributed by atoms with Gasteiger partial charge in [0, 0.05) is 18.1 Å². The molecule has 0 saturated heterocycles. The van der Waals surface area contributed by atoms with Crippen molar-refractivity contribution < 1.29 is 14.3 Å². The van der Waals surface area contributed by atoms with Gasteiger partial charge in [-0.15, -0.1) is 0 Å². The topological polar surface area (TPSA) is 61.3 Å². The molecule has 1 aliphatic heterocycles. The highest BCUT2D eigenvalue weighted by Gasteiger charge is 2.18. The van der Waals surface area contributed by atoms with E-state index in [1.165, 1.54) is 25.8 Å². The van der Waals surface area contributed by atoms with Gasteiger partial charge in [-0.25, -0.2) is 9.97 Å². The zero-order chi connectivity index (χ0) is 10.7. The molecule has 0 fully saturated rings. The van der Waals surface area contributed by atoms with Crippen LogP contribution in [0.2, 0.25) is 0 Å². The van der Waals surface area contributed by atoms with E-state index in [-0.39, 0.29) is 5.78 Å². The summed E-state index contributed by atoms with van der Waals surface area (Å²) in [5, 5.41) is 0. The predicted molar refractivity (Wildman–Crippen MR) is 51.6 cm³/mol. The van der Waals surface area contributed by atoms with Crippen LogP contribution in [0.5, 0.6) is 5.88 Å². The molecule has 0 N–H and O–H groups in total. The van der Waals surface area contributed by atoms with Crippen molar-refractivity contribution in [3.05, 3.63) is 29.9 Å². The Labute approximate surface area is 86.8 Å². The van der Waals surface area contributed by atoms with E-state index in [9.17, 15) is 4.79 Å². The maximum atomic E-state index is 11.8. The van der Waals surface area contributed by atoms with E-state index in [1.807, 2.05) is 0 Å². The molecular weight excluding hydrogens is 196 g/mol. The Kier molecular flexibility index (Phi) is 2.62. The number of hydrogen-bond acceptors (Lipinski definition) is 5. The molecule has 0 atom stereocenters. The SMILES string of the molecule is COc1cc(C(=O)C2=COCC2)ncn1. The molecule has 2 rings (SSSR count). The number of ketones is 1. The van der Waals surface area contributed by atoms with Crippen LogP contribution in [0.15, 0.2) is 24.2 Å². The van der Waals surface area contributed by atoms with E-state index in [0.29, 0.717) is 30.2 Å². The van der Waals surface area contributed by atoms with Gasteiger partial charge in [-0.1, -0.05) is 0 Å². The summed E-state index contributed by atoms with van der Waals surface area (Å²) in [6, 6.07) is 1.52. The first-order chi connectivity index (χ1) is 7.31. The number of methoxy groups -OCH3 is 1. The van der Waals surface area contributed by atoms with E-state index in [1.54, 1.807) is 0 Å². The lowest BCUT2D eigenvalue weighted by Crippen LogP contribution is -2.05. The molecule has 5 heteroatoms. The quantitative estimate of drug-likeness (QED) is 0.689. The molecule has 0 aliphatic carbocycles. The highest BCUT2D eigenvalue weighted by atomic mass is 16.5. The number of rotatable bonds is 3. The summed E-state index contributed by atoms with van der Waals surface area (Å²) < 4.78 is 9.91. The number of nitrogens with zero attached hydrogens (tertiary/aromatic N) is 2. The van der Waals surface area contributed by atoms with Gasteiger partial charge in [-0.3, -0.25) is 4.79 Å². The first-order valence-corrected chi connectivity index (χ1v) is 4.52. The monoisotopic (exact) mass is 206 g/mol. The molecule has 1 aromatic heterocycles. The van der Waals surface area contributed by atoms with Crippen LogP contribution in [-0.2, 0) is 4.74 Å². The average Bonchev–Trinajstić information content (AvgIpc) is 2.81. The minimum atomic E-state index is -0.131. The first-order valence-electron chi connectivity index (χ1n) is 4.52. The fourth-order valence-electron chi connectivity index (χ4n) is 1.29. The Morgan fingerprint density at radius 3 is 3.07 bits per heavy atom. The van der Waals surface area contributed by atoms with Crippen molar-refractivity contribution in [2.75, 3.05) is 13.7 Å². The molecule has 5 nitrogen and oxygen atoms in total. The van der Waals surface area contributed by atoms with Gasteiger partial charge in [0.1, 0.15) is 12.0 Å². The van der Waals surface area contributed by atoms with Crippen molar-refractivity contribution in [2.24, 2.45) is 0 Å². The molecule has 0 spiro atoms. The van der Waals surface area contributed by atoms with Crippen molar-refractivity contribution >= 4 is 5.78 Å². The molecule has 1 aliphatic rings. The van der Waals surface area contributed by atoms with Gasteiger partial charge < -0.3 is 9.47 Å². The van der Waals surface area contributed by atoms with E-state index in [2.05, 4.69) is 9.97 Å². The largest absolute Gasteiger partial charge is 0.500 e. The van der Waals surface area contributed by atoms with Crippen LogP contribution in [0.4, 0.5) is 0 Å². The van der Waals surface area contributed by atoms with Gasteiger partial charge >= 0.3 is 0 Å². The van der Waals surface area contributed by atoms with Crippen molar-refractivity contribution in [3.8, 4) is 5.88 Å². The lowest BCUT2D eigenvalue weighted by molar-refractivity contribution is 0.102. The van der Waals surface area contributed by atoms with Crippen LogP contribution in [0.1, 0.15) is 16.9 Å². The van der Waals surface area contributed by atoms with Gasteiger partial charge in [0.15, 0.2) is 0 Å². The highest BCUT2D eigenvalue weighted by molar-refractivity contribution is 6.07. The number of carbonyl (C=O) groups is 1. The zero-order valence-electron chi connectivity index (χ0n) is 8.27. The second-order valence-corrected chi connectivity index (χ2v) is 3.04. The van der Waals surface area contributed by atoms with E-state index in [4.69, 9.17) is 9.47 Å². The fraction of sp³-hybridized carbons (Fsp3) is 0.300. The van der Waals surface area contributed by atoms with Crippen molar-refractivity contribution in [3.63, 3.8) is 0 Å². The van der Waals surface area contributed by atoms with Gasteiger partial charge in [-0.05, 0) is 0 Å². The Balaban J connectivity index is 2.24. The fourth-order valence-corrected chi connectivity index (χ4v) is 1.29. The van der Waals surface area contributed by atoms with Crippen LogP contribution < -0.4 is 4.74 Å². The second kappa shape index (κ2) is 4.08. The number of carbonyl (C=O) groups excluding carboxylic acids is 1. The van der Waals surface area contributed by atoms with Crippen LogP contribution in [0.25, 0.3) is 0 Å². The highest BCUT2D eigenvalue weighted by Crippen LogP contribution is 2.16. The lowest BCUT2D eigenvalue weighted by Gasteiger charge is -2.01. The van der Waals surface area contributed by atoms with Gasteiger partial charge in [-0.2, -0.15) is 0 Å². The summed E-state index contributed by atoms with van der Waals surface area (Å²) in [6.45, 7) is 0.559. The molecule has 15 heavy (non-hydrogen) atoms. The maximum Gasteiger partial charge on any atom is 0.216 e. The van der Waals surface area contributed by atoms with E-state index < -0.39 is 0 Å². The number of ether oxygens (including phenoxy) is 2. The molecule has 0 aromatic carbocycles. The summed E-state index contributed by atoms with van der Waals surface area (Å²) in [5.41, 5.74) is 0.967. The predicted octanol–water partition coefficient (Wildman–Crippen LogP) is 0.972. The Bertz CT molecular complexity index is 415. The Hall–Kier alpha value is -1.91. The minimum Gasteiger partial charge on any atom is -0.500 e. The third-order valence-corrected chi connectivity index (χ3v) is 2.09. The molecule has 0 saturated carbocycles. The smallest absolute Gasteiger partial charge is 0.216 e. The summed E-state index contributed by atoms with van der Waals surface area (Å²) in [5.74, 6) is 0.251. The molecule has 0 amide bonds. The van der Waals surface area contributed by atoms with Crippen molar-refractivity contribution in [2.45, 2.75) is 6.42 Å². The molecule has 0 unspecified atom stereocenters. The average molecular weight is 206 g/mol. The van der Waals surface area contributed by atoms with Crippen LogP contribution in [-0.4, -0.2) is 29.5 Å². The number of aromatic nitrogens is 2. The molecule has 0 bridgehead atoms. The van der Waals surface area contributed by atoms with E-state index >= 15 is 0 Å². The second-order valence-electron chi connectivity index (χ2n) is 3.04. The van der Waals surface area contributed by atoms with E-state index in [0.717, 1.165) is 0 Å². The van der Waals surface area contributed by atoms with Crippen LogP contribution >= 0.6 is 0 Å². The molecule has 78 valence electrons. The summed E-state index contributed by atoms with van der Waals surface area (Å²) in [7, 11) is 1.49. The van der Waals surface area contributed by atoms with Gasteiger partial charge in [0.25, 0.3) is 0 Å². The molecule has 1 aromatic rings. The standard InChI is InChI=1S/C10H10N2O3/c1-14-9-4-8(11-6-12-9)10(13)7-2-3-15-5-7/h4-6H,2-3H2,1H3. The maximum absolute atomic E-state index is 11.8.